The van der Waals surface area contributed by atoms with Gasteiger partial charge in [-0.25, -0.2) is 14.4 Å². The summed E-state index contributed by atoms with van der Waals surface area (Å²) in [6, 6.07) is 19.7. The second-order valence-corrected chi connectivity index (χ2v) is 14.2. The molecule has 1 amide bonds. The molecule has 1 atom stereocenters. The number of aromatic amines is 1. The topological polar surface area (TPSA) is 134 Å². The van der Waals surface area contributed by atoms with Crippen LogP contribution >= 0.6 is 11.3 Å². The van der Waals surface area contributed by atoms with Crippen molar-refractivity contribution in [1.82, 2.24) is 29.6 Å². The molecule has 2 aliphatic rings. The number of nitrogens with zero attached hydrogens (tertiary/aromatic N) is 6. The molecular weight excluding hydrogens is 737 g/mol. The number of aryl methyl sites for hydroxylation is 1. The first kappa shape index (κ1) is 35.9. The van der Waals surface area contributed by atoms with Gasteiger partial charge < -0.3 is 14.8 Å². The fourth-order valence-electron chi connectivity index (χ4n) is 6.44. The Balaban J connectivity index is 0.989. The number of nitriles is 1. The number of H-pyrrole nitrogens is 1. The largest absolute Gasteiger partial charge is 0.472 e. The van der Waals surface area contributed by atoms with E-state index in [4.69, 9.17) is 19.7 Å². The zero-order chi connectivity index (χ0) is 38.3. The molecule has 11 nitrogen and oxygen atoms in total. The number of nitrogens with one attached hydrogen (secondary N) is 2. The Bertz CT molecular complexity index is 2600. The van der Waals surface area contributed by atoms with Crippen molar-refractivity contribution < 1.29 is 31.8 Å². The van der Waals surface area contributed by atoms with Crippen LogP contribution in [0.1, 0.15) is 55.7 Å². The lowest BCUT2D eigenvalue weighted by Gasteiger charge is -2.25. The van der Waals surface area contributed by atoms with E-state index in [-0.39, 0.29) is 39.7 Å². The Kier molecular flexibility index (Phi) is 9.56. The molecular formula is C39H30F4N8O3S. The number of carbonyl (C=O) groups excluding carboxylic acids is 1. The highest BCUT2D eigenvalue weighted by atomic mass is 32.1. The third-order valence-corrected chi connectivity index (χ3v) is 10.3. The van der Waals surface area contributed by atoms with Gasteiger partial charge in [0.15, 0.2) is 5.82 Å². The lowest BCUT2D eigenvalue weighted by molar-refractivity contribution is -0.139. The summed E-state index contributed by atoms with van der Waals surface area (Å²) in [6.45, 7) is 4.17. The monoisotopic (exact) mass is 766 g/mol. The molecule has 278 valence electrons. The van der Waals surface area contributed by atoms with Crippen LogP contribution in [0.25, 0.3) is 27.5 Å². The number of pyridine rings is 1. The average Bonchev–Trinajstić information content (AvgIpc) is 3.85. The molecule has 2 N–H and O–H groups in total. The first-order chi connectivity index (χ1) is 26.5. The van der Waals surface area contributed by atoms with E-state index in [1.807, 2.05) is 22.8 Å². The maximum Gasteiger partial charge on any atom is 0.433 e. The minimum absolute atomic E-state index is 0.0196. The third kappa shape index (κ3) is 7.52. The van der Waals surface area contributed by atoms with Gasteiger partial charge in [0.25, 0.3) is 5.91 Å². The van der Waals surface area contributed by atoms with Crippen LogP contribution in [0.5, 0.6) is 5.88 Å². The Morgan fingerprint density at radius 3 is 2.76 bits per heavy atom. The summed E-state index contributed by atoms with van der Waals surface area (Å²) >= 11 is 1.05. The molecule has 4 aromatic heterocycles. The van der Waals surface area contributed by atoms with Crippen LogP contribution in [0.2, 0.25) is 0 Å². The van der Waals surface area contributed by atoms with Crippen molar-refractivity contribution in [2.24, 2.45) is 0 Å². The van der Waals surface area contributed by atoms with Crippen molar-refractivity contribution in [3.8, 4) is 23.9 Å². The second-order valence-electron chi connectivity index (χ2n) is 13.1. The number of benzene rings is 2. The molecule has 0 spiro atoms. The lowest BCUT2D eigenvalue weighted by atomic mass is 10.0. The van der Waals surface area contributed by atoms with Crippen LogP contribution in [0, 0.1) is 36.0 Å². The number of rotatable bonds is 8. The number of alkyl halides is 3. The Morgan fingerprint density at radius 2 is 2.04 bits per heavy atom. The number of fused-ring (bicyclic) bond motifs is 2. The van der Waals surface area contributed by atoms with Gasteiger partial charge in [-0.15, -0.1) is 11.3 Å². The van der Waals surface area contributed by atoms with E-state index in [0.717, 1.165) is 29.0 Å². The van der Waals surface area contributed by atoms with Crippen molar-refractivity contribution in [2.45, 2.75) is 45.2 Å². The molecule has 1 unspecified atom stereocenters. The second kappa shape index (κ2) is 14.6. The molecule has 8 rings (SSSR count). The Labute approximate surface area is 315 Å². The van der Waals surface area contributed by atoms with Gasteiger partial charge in [-0.3, -0.25) is 19.4 Å². The van der Waals surface area contributed by atoms with Crippen LogP contribution in [0.3, 0.4) is 0 Å². The maximum absolute atomic E-state index is 13.8. The standard InChI is InChI=1S/C39H30F4N8O3S/c1-22-15-25(17-28-36(22)48-49-37(28)39(41,42)43)45-38(52)24-5-6-32-31(16-24)46-34(51(32)13-9-26-10-14-53-26)20-50-11-7-23(8-12-50)30-3-2-4-35(47-30)54-21-27-18-29(40)33(19-44)55-27/h2-7,15-18,26H,8,10-12,14,20-21H2,1H3,(H,45,52)(H,48,49). The number of imidazole rings is 1. The lowest BCUT2D eigenvalue weighted by Crippen LogP contribution is -2.29. The van der Waals surface area contributed by atoms with Gasteiger partial charge in [0, 0.05) is 53.1 Å². The van der Waals surface area contributed by atoms with Crippen molar-refractivity contribution in [3.63, 3.8) is 0 Å². The molecule has 2 aliphatic heterocycles. The Hall–Kier alpha value is -6.07. The molecule has 1 fully saturated rings. The average molecular weight is 767 g/mol. The van der Waals surface area contributed by atoms with Gasteiger partial charge in [0.2, 0.25) is 5.88 Å². The summed E-state index contributed by atoms with van der Waals surface area (Å²) < 4.78 is 67.7. The zero-order valence-electron chi connectivity index (χ0n) is 29.1. The number of aromatic nitrogens is 5. The minimum atomic E-state index is -4.63. The van der Waals surface area contributed by atoms with Gasteiger partial charge in [-0.05, 0) is 72.9 Å². The molecule has 55 heavy (non-hydrogen) atoms. The number of ether oxygens (including phenoxy) is 2. The van der Waals surface area contributed by atoms with Crippen LogP contribution in [0.15, 0.2) is 60.7 Å². The van der Waals surface area contributed by atoms with Crippen LogP contribution in [-0.4, -0.2) is 61.3 Å². The summed E-state index contributed by atoms with van der Waals surface area (Å²) in [5.74, 6) is 3.17. The van der Waals surface area contributed by atoms with Gasteiger partial charge in [0.05, 0.1) is 35.4 Å². The van der Waals surface area contributed by atoms with Crippen molar-refractivity contribution in [2.75, 3.05) is 25.0 Å². The van der Waals surface area contributed by atoms with Crippen LogP contribution in [-0.2, 0) is 24.1 Å². The van der Waals surface area contributed by atoms with Crippen molar-refractivity contribution >= 4 is 50.4 Å². The molecule has 0 bridgehead atoms. The third-order valence-electron chi connectivity index (χ3n) is 9.33. The van der Waals surface area contributed by atoms with Gasteiger partial charge in [0.1, 0.15) is 35.2 Å². The minimum Gasteiger partial charge on any atom is -0.472 e. The van der Waals surface area contributed by atoms with E-state index in [2.05, 4.69) is 43.4 Å². The molecule has 6 heterocycles. The number of carbonyl (C=O) groups is 1. The number of thiophene rings is 1. The van der Waals surface area contributed by atoms with Crippen molar-refractivity contribution in [1.29, 1.82) is 5.26 Å². The number of hydrogen-bond donors (Lipinski definition) is 2. The number of halogens is 4. The number of anilines is 1. The zero-order valence-corrected chi connectivity index (χ0v) is 29.9. The first-order valence-electron chi connectivity index (χ1n) is 17.2. The van der Waals surface area contributed by atoms with E-state index < -0.39 is 23.6 Å². The summed E-state index contributed by atoms with van der Waals surface area (Å²) in [6.07, 6.45) is -1.15. The molecule has 16 heteroatoms. The Morgan fingerprint density at radius 1 is 1.18 bits per heavy atom. The summed E-state index contributed by atoms with van der Waals surface area (Å²) in [7, 11) is 0. The highest BCUT2D eigenvalue weighted by Gasteiger charge is 2.35. The van der Waals surface area contributed by atoms with E-state index >= 15 is 0 Å². The summed E-state index contributed by atoms with van der Waals surface area (Å²) in [4.78, 5) is 25.8. The van der Waals surface area contributed by atoms with Crippen LogP contribution in [0.4, 0.5) is 23.2 Å². The fourth-order valence-corrected chi connectivity index (χ4v) is 7.19. The van der Waals surface area contributed by atoms with E-state index in [1.54, 1.807) is 37.3 Å². The highest BCUT2D eigenvalue weighted by Crippen LogP contribution is 2.35. The molecule has 0 aliphatic carbocycles. The maximum atomic E-state index is 13.8. The van der Waals surface area contributed by atoms with Crippen LogP contribution < -0.4 is 10.1 Å². The summed E-state index contributed by atoms with van der Waals surface area (Å²) in [5.41, 5.74) is 3.23. The highest BCUT2D eigenvalue weighted by molar-refractivity contribution is 7.12. The molecule has 2 aromatic carbocycles. The van der Waals surface area contributed by atoms with Gasteiger partial charge in [-0.1, -0.05) is 12.1 Å². The number of hydrogen-bond acceptors (Lipinski definition) is 9. The SMILES string of the molecule is Cc1cc(NC(=O)c2ccc3c(c2)nc(CN2CC=C(c4cccc(OCc5cc(F)c(C#N)s5)n4)CC2)n3C#CC2CCO2)cc2c(C(F)(F)F)[nH]nc12. The molecule has 1 saturated heterocycles. The summed E-state index contributed by atoms with van der Waals surface area (Å²) in [5, 5.41) is 17.5. The molecule has 0 saturated carbocycles. The predicted molar refractivity (Wildman–Crippen MR) is 196 cm³/mol. The fraction of sp³-hybridized carbons (Fsp3) is 0.256. The van der Waals surface area contributed by atoms with Gasteiger partial charge in [-0.2, -0.15) is 23.5 Å². The molecule has 6 aromatic rings. The molecule has 0 radical (unpaired) electrons. The quantitative estimate of drug-likeness (QED) is 0.121. The van der Waals surface area contributed by atoms with E-state index in [1.165, 1.54) is 12.1 Å². The number of amides is 1. The smallest absolute Gasteiger partial charge is 0.433 e. The predicted octanol–water partition coefficient (Wildman–Crippen LogP) is 7.43. The van der Waals surface area contributed by atoms with Crippen molar-refractivity contribution in [3.05, 3.63) is 105 Å². The normalized spacial score (nSPS) is 15.9. The van der Waals surface area contributed by atoms with E-state index in [9.17, 15) is 22.4 Å². The first-order valence-corrected chi connectivity index (χ1v) is 18.1. The van der Waals surface area contributed by atoms with Gasteiger partial charge >= 0.3 is 6.18 Å². The van der Waals surface area contributed by atoms with E-state index in [0.29, 0.717) is 65.8 Å².